The Kier molecular flexibility index (Phi) is 4.25. The molecule has 1 rings (SSSR count). The highest BCUT2D eigenvalue weighted by Gasteiger charge is 2.18. The van der Waals surface area contributed by atoms with Crippen molar-refractivity contribution >= 4 is 17.6 Å². The standard InChI is InChI=1S/C12H15FN2O3/c1-6-9(13)4-8(5-10(6)14)11(16)15-7(2)12(17)18-3/h4-5,7H,14H2,1-3H3,(H,15,16). The van der Waals surface area contributed by atoms with Crippen LogP contribution in [-0.4, -0.2) is 25.0 Å². The van der Waals surface area contributed by atoms with Crippen molar-refractivity contribution in [2.75, 3.05) is 12.8 Å². The third-order valence-electron chi connectivity index (χ3n) is 2.55. The highest BCUT2D eigenvalue weighted by atomic mass is 19.1. The second kappa shape index (κ2) is 5.48. The van der Waals surface area contributed by atoms with E-state index in [4.69, 9.17) is 5.73 Å². The molecule has 5 nitrogen and oxygen atoms in total. The Hall–Kier alpha value is -2.11. The number of anilines is 1. The van der Waals surface area contributed by atoms with Gasteiger partial charge in [0.1, 0.15) is 11.9 Å². The quantitative estimate of drug-likeness (QED) is 0.623. The lowest BCUT2D eigenvalue weighted by molar-refractivity contribution is -0.142. The van der Waals surface area contributed by atoms with Gasteiger partial charge in [-0.05, 0) is 26.0 Å². The van der Waals surface area contributed by atoms with E-state index in [1.165, 1.54) is 27.0 Å². The lowest BCUT2D eigenvalue weighted by atomic mass is 10.1. The van der Waals surface area contributed by atoms with Gasteiger partial charge in [0, 0.05) is 16.8 Å². The molecule has 6 heteroatoms. The Balaban J connectivity index is 2.89. The second-order valence-electron chi connectivity index (χ2n) is 3.89. The number of nitrogen functional groups attached to an aromatic ring is 1. The van der Waals surface area contributed by atoms with Gasteiger partial charge in [-0.3, -0.25) is 4.79 Å². The number of carbonyl (C=O) groups is 2. The molecule has 18 heavy (non-hydrogen) atoms. The summed E-state index contributed by atoms with van der Waals surface area (Å²) in [6, 6.07) is 1.62. The molecule has 0 spiro atoms. The number of nitrogens with two attached hydrogens (primary N) is 1. The van der Waals surface area contributed by atoms with E-state index in [-0.39, 0.29) is 16.8 Å². The van der Waals surface area contributed by atoms with E-state index in [0.717, 1.165) is 6.07 Å². The molecule has 3 N–H and O–H groups in total. The topological polar surface area (TPSA) is 81.4 Å². The molecule has 0 aliphatic rings. The van der Waals surface area contributed by atoms with Crippen molar-refractivity contribution in [1.82, 2.24) is 5.32 Å². The first kappa shape index (κ1) is 14.0. The Bertz CT molecular complexity index is 465. The van der Waals surface area contributed by atoms with E-state index in [9.17, 15) is 14.0 Å². The summed E-state index contributed by atoms with van der Waals surface area (Å²) in [6.07, 6.45) is 0. The van der Waals surface area contributed by atoms with Crippen LogP contribution in [0.2, 0.25) is 0 Å². The summed E-state index contributed by atoms with van der Waals surface area (Å²) in [7, 11) is 1.22. The molecule has 0 saturated carbocycles. The van der Waals surface area contributed by atoms with Gasteiger partial charge in [0.2, 0.25) is 0 Å². The molecule has 0 aliphatic carbocycles. The van der Waals surface area contributed by atoms with Crippen LogP contribution in [0.3, 0.4) is 0 Å². The van der Waals surface area contributed by atoms with Crippen molar-refractivity contribution in [1.29, 1.82) is 0 Å². The molecule has 1 unspecified atom stereocenters. The van der Waals surface area contributed by atoms with Crippen LogP contribution in [0.25, 0.3) is 0 Å². The van der Waals surface area contributed by atoms with Gasteiger partial charge in [-0.15, -0.1) is 0 Å². The van der Waals surface area contributed by atoms with E-state index in [2.05, 4.69) is 10.1 Å². The van der Waals surface area contributed by atoms with E-state index in [1.54, 1.807) is 0 Å². The molecule has 0 fully saturated rings. The van der Waals surface area contributed by atoms with Crippen molar-refractivity contribution in [2.24, 2.45) is 0 Å². The maximum Gasteiger partial charge on any atom is 0.328 e. The van der Waals surface area contributed by atoms with Crippen LogP contribution in [0.1, 0.15) is 22.8 Å². The molecular weight excluding hydrogens is 239 g/mol. The number of esters is 1. The Morgan fingerprint density at radius 3 is 2.56 bits per heavy atom. The van der Waals surface area contributed by atoms with Gasteiger partial charge in [0.05, 0.1) is 7.11 Å². The number of carbonyl (C=O) groups excluding carboxylic acids is 2. The number of hydrogen-bond acceptors (Lipinski definition) is 4. The van der Waals surface area contributed by atoms with Gasteiger partial charge in [0.25, 0.3) is 5.91 Å². The number of benzene rings is 1. The van der Waals surface area contributed by atoms with Crippen molar-refractivity contribution < 1.29 is 18.7 Å². The first-order chi connectivity index (χ1) is 8.36. The van der Waals surface area contributed by atoms with Crippen LogP contribution < -0.4 is 11.1 Å². The molecule has 98 valence electrons. The third-order valence-corrected chi connectivity index (χ3v) is 2.55. The predicted octanol–water partition coefficient (Wildman–Crippen LogP) is 1.01. The van der Waals surface area contributed by atoms with E-state index in [0.29, 0.717) is 0 Å². The zero-order valence-corrected chi connectivity index (χ0v) is 10.4. The molecular formula is C12H15FN2O3. The van der Waals surface area contributed by atoms with Gasteiger partial charge < -0.3 is 15.8 Å². The van der Waals surface area contributed by atoms with E-state index >= 15 is 0 Å². The van der Waals surface area contributed by atoms with Crippen LogP contribution in [0.5, 0.6) is 0 Å². The maximum atomic E-state index is 13.4. The first-order valence-electron chi connectivity index (χ1n) is 5.31. The zero-order valence-electron chi connectivity index (χ0n) is 10.4. The molecule has 0 radical (unpaired) electrons. The van der Waals surface area contributed by atoms with Crippen LogP contribution in [0, 0.1) is 12.7 Å². The normalized spacial score (nSPS) is 11.8. The molecule has 0 aliphatic heterocycles. The molecule has 1 amide bonds. The first-order valence-corrected chi connectivity index (χ1v) is 5.31. The SMILES string of the molecule is COC(=O)C(C)NC(=O)c1cc(N)c(C)c(F)c1. The van der Waals surface area contributed by atoms with Crippen molar-refractivity contribution in [3.8, 4) is 0 Å². The second-order valence-corrected chi connectivity index (χ2v) is 3.89. The molecule has 0 saturated heterocycles. The summed E-state index contributed by atoms with van der Waals surface area (Å²) >= 11 is 0. The highest BCUT2D eigenvalue weighted by molar-refractivity contribution is 5.97. The van der Waals surface area contributed by atoms with Gasteiger partial charge in [-0.2, -0.15) is 0 Å². The largest absolute Gasteiger partial charge is 0.467 e. The fourth-order valence-corrected chi connectivity index (χ4v) is 1.35. The van der Waals surface area contributed by atoms with E-state index in [1.807, 2.05) is 0 Å². The molecule has 0 heterocycles. The summed E-state index contributed by atoms with van der Waals surface area (Å²) in [4.78, 5) is 22.9. The molecule has 0 bridgehead atoms. The summed E-state index contributed by atoms with van der Waals surface area (Å²) in [5.41, 5.74) is 6.10. The van der Waals surface area contributed by atoms with Crippen molar-refractivity contribution in [2.45, 2.75) is 19.9 Å². The number of halogens is 1. The number of nitrogens with one attached hydrogen (secondary N) is 1. The fourth-order valence-electron chi connectivity index (χ4n) is 1.35. The van der Waals surface area contributed by atoms with E-state index < -0.39 is 23.7 Å². The lowest BCUT2D eigenvalue weighted by Crippen LogP contribution is -2.39. The number of methoxy groups -OCH3 is 1. The third kappa shape index (κ3) is 2.97. The molecule has 0 aromatic heterocycles. The van der Waals surface area contributed by atoms with Crippen LogP contribution in [-0.2, 0) is 9.53 Å². The Morgan fingerprint density at radius 1 is 1.44 bits per heavy atom. The molecule has 1 aromatic carbocycles. The van der Waals surface area contributed by atoms with Crippen LogP contribution in [0.4, 0.5) is 10.1 Å². The average Bonchev–Trinajstić information content (AvgIpc) is 2.33. The minimum atomic E-state index is -0.812. The number of hydrogen-bond donors (Lipinski definition) is 2. The van der Waals surface area contributed by atoms with Gasteiger partial charge in [0.15, 0.2) is 0 Å². The smallest absolute Gasteiger partial charge is 0.328 e. The van der Waals surface area contributed by atoms with Crippen LogP contribution in [0.15, 0.2) is 12.1 Å². The Labute approximate surface area is 104 Å². The fraction of sp³-hybridized carbons (Fsp3) is 0.333. The predicted molar refractivity (Wildman–Crippen MR) is 64.5 cm³/mol. The zero-order chi connectivity index (χ0) is 13.9. The Morgan fingerprint density at radius 2 is 2.06 bits per heavy atom. The molecule has 1 aromatic rings. The summed E-state index contributed by atoms with van der Waals surface area (Å²) in [5.74, 6) is -1.73. The average molecular weight is 254 g/mol. The summed E-state index contributed by atoms with van der Waals surface area (Å²) in [5, 5.41) is 2.39. The maximum absolute atomic E-state index is 13.4. The molecule has 1 atom stereocenters. The van der Waals surface area contributed by atoms with Crippen molar-refractivity contribution in [3.63, 3.8) is 0 Å². The summed E-state index contributed by atoms with van der Waals surface area (Å²) < 4.78 is 17.9. The number of ether oxygens (including phenoxy) is 1. The summed E-state index contributed by atoms with van der Waals surface area (Å²) in [6.45, 7) is 2.99. The highest BCUT2D eigenvalue weighted by Crippen LogP contribution is 2.17. The lowest BCUT2D eigenvalue weighted by Gasteiger charge is -2.12. The number of rotatable bonds is 3. The minimum Gasteiger partial charge on any atom is -0.467 e. The monoisotopic (exact) mass is 254 g/mol. The van der Waals surface area contributed by atoms with Gasteiger partial charge in [-0.25, -0.2) is 9.18 Å². The minimum absolute atomic E-state index is 0.0614. The van der Waals surface area contributed by atoms with Gasteiger partial charge in [-0.1, -0.05) is 0 Å². The van der Waals surface area contributed by atoms with Crippen LogP contribution >= 0.6 is 0 Å². The van der Waals surface area contributed by atoms with Crippen molar-refractivity contribution in [3.05, 3.63) is 29.1 Å². The number of amides is 1. The van der Waals surface area contributed by atoms with Gasteiger partial charge >= 0.3 is 5.97 Å².